The topological polar surface area (TPSA) is 78.4 Å². The molecule has 6 heteroatoms. The summed E-state index contributed by atoms with van der Waals surface area (Å²) in [7, 11) is 0. The first-order chi connectivity index (χ1) is 8.51. The van der Waals surface area contributed by atoms with Crippen molar-refractivity contribution < 1.29 is 14.7 Å². The molecule has 1 aliphatic carbocycles. The van der Waals surface area contributed by atoms with Crippen molar-refractivity contribution in [2.45, 2.75) is 49.8 Å². The van der Waals surface area contributed by atoms with Gasteiger partial charge < -0.3 is 15.7 Å². The molecular formula is C12H22N2O3S. The minimum absolute atomic E-state index is 0.0189. The second-order valence-electron chi connectivity index (χ2n) is 4.80. The third-order valence-corrected chi connectivity index (χ3v) is 4.62. The van der Waals surface area contributed by atoms with Crippen LogP contribution in [-0.2, 0) is 4.79 Å². The summed E-state index contributed by atoms with van der Waals surface area (Å²) in [5, 5.41) is 14.3. The lowest BCUT2D eigenvalue weighted by Crippen LogP contribution is -2.45. The normalized spacial score (nSPS) is 17.9. The Labute approximate surface area is 112 Å². The Morgan fingerprint density at radius 1 is 1.44 bits per heavy atom. The lowest BCUT2D eigenvalue weighted by atomic mass is 10.1. The minimum Gasteiger partial charge on any atom is -0.481 e. The number of aliphatic carboxylic acids is 1. The highest BCUT2D eigenvalue weighted by molar-refractivity contribution is 8.00. The molecule has 1 atom stereocenters. The van der Waals surface area contributed by atoms with Crippen molar-refractivity contribution in [3.8, 4) is 0 Å². The van der Waals surface area contributed by atoms with E-state index in [0.29, 0.717) is 13.0 Å². The number of hydrogen-bond acceptors (Lipinski definition) is 3. The van der Waals surface area contributed by atoms with Crippen LogP contribution in [-0.4, -0.2) is 40.7 Å². The van der Waals surface area contributed by atoms with Crippen LogP contribution in [0.4, 0.5) is 4.79 Å². The average Bonchev–Trinajstić information content (AvgIpc) is 3.06. The molecule has 0 aromatic heterocycles. The van der Waals surface area contributed by atoms with Gasteiger partial charge in [-0.3, -0.25) is 4.79 Å². The fourth-order valence-electron chi connectivity index (χ4n) is 1.85. The van der Waals surface area contributed by atoms with Crippen molar-refractivity contribution in [1.29, 1.82) is 0 Å². The van der Waals surface area contributed by atoms with Gasteiger partial charge in [-0.05, 0) is 25.5 Å². The van der Waals surface area contributed by atoms with Crippen LogP contribution in [0.5, 0.6) is 0 Å². The predicted molar refractivity (Wildman–Crippen MR) is 73.0 cm³/mol. The van der Waals surface area contributed by atoms with Gasteiger partial charge in [0, 0.05) is 17.3 Å². The summed E-state index contributed by atoms with van der Waals surface area (Å²) < 4.78 is 0.227. The first kappa shape index (κ1) is 15.1. The number of urea groups is 1. The number of carboxylic acids is 1. The van der Waals surface area contributed by atoms with E-state index < -0.39 is 5.97 Å². The van der Waals surface area contributed by atoms with Gasteiger partial charge in [-0.2, -0.15) is 11.8 Å². The van der Waals surface area contributed by atoms with Crippen LogP contribution >= 0.6 is 11.8 Å². The highest BCUT2D eigenvalue weighted by atomic mass is 32.2. The summed E-state index contributed by atoms with van der Waals surface area (Å²) >= 11 is 1.78. The molecule has 0 bridgehead atoms. The summed E-state index contributed by atoms with van der Waals surface area (Å²) in [6.45, 7) is 2.63. The molecule has 1 unspecified atom stereocenters. The van der Waals surface area contributed by atoms with Gasteiger partial charge in [0.25, 0.3) is 0 Å². The molecule has 1 rings (SSSR count). The highest BCUT2D eigenvalue weighted by Gasteiger charge is 2.41. The molecule has 0 heterocycles. The number of carbonyl (C=O) groups is 2. The average molecular weight is 274 g/mol. The zero-order valence-corrected chi connectivity index (χ0v) is 11.8. The van der Waals surface area contributed by atoms with Crippen LogP contribution in [0.25, 0.3) is 0 Å². The lowest BCUT2D eigenvalue weighted by Gasteiger charge is -2.18. The van der Waals surface area contributed by atoms with Crippen LogP contribution in [0.15, 0.2) is 0 Å². The van der Waals surface area contributed by atoms with Crippen LogP contribution in [0, 0.1) is 0 Å². The molecule has 5 nitrogen and oxygen atoms in total. The largest absolute Gasteiger partial charge is 0.481 e. The predicted octanol–water partition coefficient (Wildman–Crippen LogP) is 1.82. The van der Waals surface area contributed by atoms with E-state index in [1.165, 1.54) is 0 Å². The fraction of sp³-hybridized carbons (Fsp3) is 0.833. The maximum atomic E-state index is 11.7. The van der Waals surface area contributed by atoms with Crippen LogP contribution in [0.3, 0.4) is 0 Å². The smallest absolute Gasteiger partial charge is 0.315 e. The van der Waals surface area contributed by atoms with E-state index in [1.807, 2.05) is 6.92 Å². The second-order valence-corrected chi connectivity index (χ2v) is 6.07. The van der Waals surface area contributed by atoms with E-state index in [2.05, 4.69) is 16.9 Å². The van der Waals surface area contributed by atoms with Gasteiger partial charge in [0.05, 0.1) is 6.42 Å². The molecule has 0 aromatic rings. The number of hydrogen-bond donors (Lipinski definition) is 3. The fourth-order valence-corrected chi connectivity index (χ4v) is 2.58. The van der Waals surface area contributed by atoms with Gasteiger partial charge >= 0.3 is 12.0 Å². The number of nitrogens with one attached hydrogen (secondary N) is 2. The van der Waals surface area contributed by atoms with Crippen LogP contribution < -0.4 is 10.6 Å². The molecule has 3 N–H and O–H groups in total. The Morgan fingerprint density at radius 2 is 2.11 bits per heavy atom. The number of thioether (sulfide) groups is 1. The summed E-state index contributed by atoms with van der Waals surface area (Å²) in [6.07, 6.45) is 5.86. The minimum atomic E-state index is -0.878. The molecular weight excluding hydrogens is 252 g/mol. The zero-order valence-electron chi connectivity index (χ0n) is 11.0. The molecule has 2 amide bonds. The summed E-state index contributed by atoms with van der Waals surface area (Å²) in [5.41, 5.74) is 0. The quantitative estimate of drug-likeness (QED) is 0.631. The molecule has 0 aliphatic heterocycles. The van der Waals surface area contributed by atoms with Crippen molar-refractivity contribution in [3.63, 3.8) is 0 Å². The van der Waals surface area contributed by atoms with Gasteiger partial charge in [-0.1, -0.05) is 13.3 Å². The van der Waals surface area contributed by atoms with Gasteiger partial charge in [0.2, 0.25) is 0 Å². The first-order valence-corrected chi connectivity index (χ1v) is 7.55. The van der Waals surface area contributed by atoms with E-state index in [9.17, 15) is 9.59 Å². The third kappa shape index (κ3) is 5.16. The number of carboxylic acid groups (broad SMARTS) is 1. The van der Waals surface area contributed by atoms with E-state index in [-0.39, 0.29) is 23.2 Å². The van der Waals surface area contributed by atoms with Crippen LogP contribution in [0.2, 0.25) is 0 Å². The first-order valence-electron chi connectivity index (χ1n) is 6.32. The molecule has 0 spiro atoms. The second kappa shape index (κ2) is 6.87. The van der Waals surface area contributed by atoms with E-state index in [1.54, 1.807) is 11.8 Å². The molecule has 18 heavy (non-hydrogen) atoms. The number of amides is 2. The zero-order chi connectivity index (χ0) is 13.6. The molecule has 0 radical (unpaired) electrons. The summed E-state index contributed by atoms with van der Waals surface area (Å²) in [6, 6.07) is -0.535. The molecule has 1 aliphatic rings. The molecule has 1 saturated carbocycles. The van der Waals surface area contributed by atoms with Crippen LogP contribution in [0.1, 0.15) is 39.0 Å². The van der Waals surface area contributed by atoms with Crippen molar-refractivity contribution in [3.05, 3.63) is 0 Å². The van der Waals surface area contributed by atoms with E-state index >= 15 is 0 Å². The maximum absolute atomic E-state index is 11.7. The Bertz CT molecular complexity index is 306. The maximum Gasteiger partial charge on any atom is 0.315 e. The van der Waals surface area contributed by atoms with Crippen molar-refractivity contribution in [2.24, 2.45) is 0 Å². The third-order valence-electron chi connectivity index (χ3n) is 3.21. The molecule has 1 fully saturated rings. The summed E-state index contributed by atoms with van der Waals surface area (Å²) in [5.74, 6) is -0.878. The van der Waals surface area contributed by atoms with Crippen molar-refractivity contribution in [2.75, 3.05) is 12.8 Å². The number of rotatable bonds is 8. The Balaban J connectivity index is 2.29. The van der Waals surface area contributed by atoms with Gasteiger partial charge in [-0.25, -0.2) is 4.79 Å². The van der Waals surface area contributed by atoms with Gasteiger partial charge in [-0.15, -0.1) is 0 Å². The highest BCUT2D eigenvalue weighted by Crippen LogP contribution is 2.46. The molecule has 104 valence electrons. The lowest BCUT2D eigenvalue weighted by molar-refractivity contribution is -0.137. The molecule has 0 aromatic carbocycles. The van der Waals surface area contributed by atoms with E-state index in [4.69, 9.17) is 5.11 Å². The van der Waals surface area contributed by atoms with E-state index in [0.717, 1.165) is 19.3 Å². The van der Waals surface area contributed by atoms with Crippen molar-refractivity contribution in [1.82, 2.24) is 10.6 Å². The Hall–Kier alpha value is -0.910. The summed E-state index contributed by atoms with van der Waals surface area (Å²) in [4.78, 5) is 22.3. The SMILES string of the molecule is CCCC(CC(=O)O)NC(=O)NCC1(SC)CC1. The monoisotopic (exact) mass is 274 g/mol. The molecule has 0 saturated heterocycles. The Kier molecular flexibility index (Phi) is 5.78. The number of carbonyl (C=O) groups excluding carboxylic acids is 1. The van der Waals surface area contributed by atoms with Crippen molar-refractivity contribution >= 4 is 23.8 Å². The standard InChI is InChI=1S/C12H22N2O3S/c1-3-4-9(7-10(15)16)14-11(17)13-8-12(18-2)5-6-12/h9H,3-8H2,1-2H3,(H,15,16)(H2,13,14,17). The van der Waals surface area contributed by atoms with Gasteiger partial charge in [0.15, 0.2) is 0 Å². The Morgan fingerprint density at radius 3 is 2.56 bits per heavy atom. The van der Waals surface area contributed by atoms with Gasteiger partial charge in [0.1, 0.15) is 0 Å².